The summed E-state index contributed by atoms with van der Waals surface area (Å²) < 4.78 is 8.18. The SMILES string of the molecule is O=c1c2nc([N+](=O)[O-])cn2ccn1CCN1CCOCC1. The van der Waals surface area contributed by atoms with Gasteiger partial charge in [-0.15, -0.1) is 0 Å². The fraction of sp³-hybridized carbons (Fsp3) is 0.500. The van der Waals surface area contributed by atoms with Crippen LogP contribution in [-0.2, 0) is 11.3 Å². The predicted octanol–water partition coefficient (Wildman–Crippen LogP) is -0.264. The highest BCUT2D eigenvalue weighted by atomic mass is 16.6. The van der Waals surface area contributed by atoms with E-state index in [2.05, 4.69) is 9.88 Å². The molecule has 0 bridgehead atoms. The van der Waals surface area contributed by atoms with Crippen LogP contribution in [0.25, 0.3) is 5.65 Å². The Kier molecular flexibility index (Phi) is 3.67. The summed E-state index contributed by atoms with van der Waals surface area (Å²) >= 11 is 0. The first-order valence-electron chi connectivity index (χ1n) is 6.68. The van der Waals surface area contributed by atoms with Crippen LogP contribution in [0.15, 0.2) is 23.4 Å². The number of morpholine rings is 1. The van der Waals surface area contributed by atoms with Gasteiger partial charge in [0, 0.05) is 38.6 Å². The topological polar surface area (TPSA) is 94.9 Å². The third-order valence-electron chi connectivity index (χ3n) is 3.53. The van der Waals surface area contributed by atoms with E-state index in [9.17, 15) is 14.9 Å². The summed E-state index contributed by atoms with van der Waals surface area (Å²) in [4.78, 5) is 28.3. The molecule has 2 aromatic heterocycles. The lowest BCUT2D eigenvalue weighted by Crippen LogP contribution is -2.39. The molecule has 9 nitrogen and oxygen atoms in total. The molecule has 1 saturated heterocycles. The molecule has 0 unspecified atom stereocenters. The van der Waals surface area contributed by atoms with Crippen molar-refractivity contribution in [3.8, 4) is 0 Å². The van der Waals surface area contributed by atoms with Gasteiger partial charge in [-0.2, -0.15) is 0 Å². The van der Waals surface area contributed by atoms with Gasteiger partial charge in [-0.1, -0.05) is 0 Å². The minimum atomic E-state index is -0.607. The van der Waals surface area contributed by atoms with Crippen LogP contribution < -0.4 is 5.56 Å². The molecule has 1 fully saturated rings. The summed E-state index contributed by atoms with van der Waals surface area (Å²) in [5.74, 6) is -0.321. The molecule has 2 aromatic rings. The van der Waals surface area contributed by atoms with Crippen molar-refractivity contribution in [1.82, 2.24) is 18.9 Å². The lowest BCUT2D eigenvalue weighted by molar-refractivity contribution is -0.389. The monoisotopic (exact) mass is 293 g/mol. The van der Waals surface area contributed by atoms with Crippen LogP contribution in [0.3, 0.4) is 0 Å². The highest BCUT2D eigenvalue weighted by molar-refractivity contribution is 5.41. The maximum atomic E-state index is 12.3. The average molecular weight is 293 g/mol. The maximum Gasteiger partial charge on any atom is 0.382 e. The van der Waals surface area contributed by atoms with Gasteiger partial charge in [0.2, 0.25) is 0 Å². The Morgan fingerprint density at radius 3 is 2.76 bits per heavy atom. The molecule has 3 heterocycles. The Hall–Kier alpha value is -2.26. The number of ether oxygens (including phenoxy) is 1. The second-order valence-corrected chi connectivity index (χ2v) is 4.84. The summed E-state index contributed by atoms with van der Waals surface area (Å²) in [6.45, 7) is 4.39. The van der Waals surface area contributed by atoms with Crippen LogP contribution in [0.1, 0.15) is 0 Å². The third kappa shape index (κ3) is 2.78. The number of nitro groups is 1. The first kappa shape index (κ1) is 13.7. The largest absolute Gasteiger partial charge is 0.382 e. The zero-order chi connectivity index (χ0) is 14.8. The highest BCUT2D eigenvalue weighted by Gasteiger charge is 2.17. The first-order chi connectivity index (χ1) is 10.1. The van der Waals surface area contributed by atoms with E-state index in [1.165, 1.54) is 15.2 Å². The van der Waals surface area contributed by atoms with Crippen molar-refractivity contribution in [2.24, 2.45) is 0 Å². The zero-order valence-electron chi connectivity index (χ0n) is 11.3. The molecular weight excluding hydrogens is 278 g/mol. The van der Waals surface area contributed by atoms with E-state index in [0.717, 1.165) is 19.6 Å². The molecule has 0 atom stereocenters. The van der Waals surface area contributed by atoms with Gasteiger partial charge in [-0.3, -0.25) is 14.1 Å². The summed E-state index contributed by atoms with van der Waals surface area (Å²) in [5.41, 5.74) is -0.245. The van der Waals surface area contributed by atoms with Gasteiger partial charge in [-0.25, -0.2) is 0 Å². The Morgan fingerprint density at radius 2 is 2.05 bits per heavy atom. The van der Waals surface area contributed by atoms with Crippen LogP contribution in [-0.4, -0.2) is 56.6 Å². The molecule has 0 aliphatic carbocycles. The van der Waals surface area contributed by atoms with E-state index in [0.29, 0.717) is 19.8 Å². The number of nitrogens with zero attached hydrogens (tertiary/aromatic N) is 5. The molecule has 1 aliphatic rings. The van der Waals surface area contributed by atoms with Gasteiger partial charge in [-0.05, 0) is 9.91 Å². The van der Waals surface area contributed by atoms with E-state index in [4.69, 9.17) is 4.74 Å². The standard InChI is InChI=1S/C12H15N5O4/c18-12-11-13-10(17(19)20)9-16(11)4-3-15(12)2-1-14-5-7-21-8-6-14/h3-4,9H,1-2,5-8H2. The van der Waals surface area contributed by atoms with Crippen molar-refractivity contribution in [2.75, 3.05) is 32.8 Å². The second-order valence-electron chi connectivity index (χ2n) is 4.84. The van der Waals surface area contributed by atoms with Gasteiger partial charge in [0.15, 0.2) is 0 Å². The number of imidazole rings is 1. The predicted molar refractivity (Wildman–Crippen MR) is 73.4 cm³/mol. The van der Waals surface area contributed by atoms with E-state index in [-0.39, 0.29) is 17.0 Å². The molecule has 3 rings (SSSR count). The fourth-order valence-corrected chi connectivity index (χ4v) is 2.34. The van der Waals surface area contributed by atoms with Crippen LogP contribution >= 0.6 is 0 Å². The molecule has 112 valence electrons. The van der Waals surface area contributed by atoms with Crippen LogP contribution in [0, 0.1) is 10.1 Å². The van der Waals surface area contributed by atoms with Crippen molar-refractivity contribution in [3.63, 3.8) is 0 Å². The second kappa shape index (κ2) is 5.62. The zero-order valence-corrected chi connectivity index (χ0v) is 11.3. The Bertz CT molecular complexity index is 716. The van der Waals surface area contributed by atoms with Crippen molar-refractivity contribution < 1.29 is 9.66 Å². The smallest absolute Gasteiger partial charge is 0.379 e. The summed E-state index contributed by atoms with van der Waals surface area (Å²) in [6, 6.07) is 0. The Morgan fingerprint density at radius 1 is 1.29 bits per heavy atom. The quantitative estimate of drug-likeness (QED) is 0.569. The minimum Gasteiger partial charge on any atom is -0.379 e. The van der Waals surface area contributed by atoms with Crippen LogP contribution in [0.4, 0.5) is 5.82 Å². The van der Waals surface area contributed by atoms with E-state index in [1.807, 2.05) is 0 Å². The molecule has 9 heteroatoms. The first-order valence-corrected chi connectivity index (χ1v) is 6.68. The Balaban J connectivity index is 1.80. The van der Waals surface area contributed by atoms with Crippen LogP contribution in [0.2, 0.25) is 0 Å². The van der Waals surface area contributed by atoms with E-state index >= 15 is 0 Å². The summed E-state index contributed by atoms with van der Waals surface area (Å²) in [6.07, 6.45) is 4.47. The van der Waals surface area contributed by atoms with Crippen molar-refractivity contribution in [2.45, 2.75) is 6.54 Å². The van der Waals surface area contributed by atoms with E-state index in [1.54, 1.807) is 12.4 Å². The minimum absolute atomic E-state index is 0.0752. The summed E-state index contributed by atoms with van der Waals surface area (Å²) in [7, 11) is 0. The number of fused-ring (bicyclic) bond motifs is 1. The fourth-order valence-electron chi connectivity index (χ4n) is 2.34. The third-order valence-corrected chi connectivity index (χ3v) is 3.53. The van der Waals surface area contributed by atoms with Gasteiger partial charge in [0.25, 0.3) is 0 Å². The number of aromatic nitrogens is 3. The Labute approximate surface area is 119 Å². The molecule has 0 aromatic carbocycles. The van der Waals surface area contributed by atoms with Gasteiger partial charge >= 0.3 is 17.0 Å². The van der Waals surface area contributed by atoms with Crippen molar-refractivity contribution in [1.29, 1.82) is 0 Å². The maximum absolute atomic E-state index is 12.3. The van der Waals surface area contributed by atoms with Gasteiger partial charge in [0.1, 0.15) is 6.20 Å². The number of rotatable bonds is 4. The molecule has 0 amide bonds. The number of hydrogen-bond donors (Lipinski definition) is 0. The van der Waals surface area contributed by atoms with Gasteiger partial charge in [0.05, 0.1) is 13.2 Å². The van der Waals surface area contributed by atoms with Crippen molar-refractivity contribution in [3.05, 3.63) is 39.1 Å². The number of hydrogen-bond acceptors (Lipinski definition) is 6. The molecule has 0 N–H and O–H groups in total. The summed E-state index contributed by atoms with van der Waals surface area (Å²) in [5, 5.41) is 10.7. The molecule has 0 saturated carbocycles. The van der Waals surface area contributed by atoms with Crippen LogP contribution in [0.5, 0.6) is 0 Å². The molecule has 21 heavy (non-hydrogen) atoms. The van der Waals surface area contributed by atoms with Gasteiger partial charge < -0.3 is 19.4 Å². The molecule has 0 spiro atoms. The molecular formula is C12H15N5O4. The molecule has 1 aliphatic heterocycles. The lowest BCUT2D eigenvalue weighted by atomic mass is 10.4. The normalized spacial score (nSPS) is 16.4. The highest BCUT2D eigenvalue weighted by Crippen LogP contribution is 2.08. The molecule has 0 radical (unpaired) electrons. The van der Waals surface area contributed by atoms with E-state index < -0.39 is 4.92 Å². The van der Waals surface area contributed by atoms with Crippen molar-refractivity contribution >= 4 is 11.5 Å². The lowest BCUT2D eigenvalue weighted by Gasteiger charge is -2.26. The average Bonchev–Trinajstić information content (AvgIpc) is 2.93.